The topological polar surface area (TPSA) is 43.8 Å². The number of aromatic carboxylic acids is 1. The van der Waals surface area contributed by atoms with Gasteiger partial charge in [0.15, 0.2) is 0 Å². The lowest BCUT2D eigenvalue weighted by Crippen LogP contribution is -2.51. The van der Waals surface area contributed by atoms with Crippen LogP contribution in [0.15, 0.2) is 24.3 Å². The van der Waals surface area contributed by atoms with Crippen molar-refractivity contribution in [3.8, 4) is 0 Å². The monoisotopic (exact) mass is 358 g/mol. The van der Waals surface area contributed by atoms with Crippen molar-refractivity contribution < 1.29 is 9.90 Å². The Morgan fingerprint density at radius 1 is 1.00 bits per heavy atom. The van der Waals surface area contributed by atoms with Crippen LogP contribution in [0.1, 0.15) is 68.6 Å². The van der Waals surface area contributed by atoms with E-state index in [-0.39, 0.29) is 0 Å². The van der Waals surface area contributed by atoms with E-state index in [0.29, 0.717) is 5.56 Å². The number of carboxylic acids is 1. The molecule has 1 aromatic carbocycles. The van der Waals surface area contributed by atoms with Crippen molar-refractivity contribution >= 4 is 11.7 Å². The molecular formula is C22H34N2O2. The number of benzene rings is 1. The van der Waals surface area contributed by atoms with E-state index < -0.39 is 5.97 Å². The van der Waals surface area contributed by atoms with Crippen molar-refractivity contribution in [2.24, 2.45) is 5.92 Å². The molecular weight excluding hydrogens is 324 g/mol. The molecule has 1 saturated heterocycles. The zero-order valence-corrected chi connectivity index (χ0v) is 16.2. The van der Waals surface area contributed by atoms with Crippen LogP contribution in [-0.2, 0) is 0 Å². The van der Waals surface area contributed by atoms with E-state index in [2.05, 4.69) is 16.7 Å². The van der Waals surface area contributed by atoms with Crippen molar-refractivity contribution in [1.82, 2.24) is 4.90 Å². The number of nitrogens with zero attached hydrogens (tertiary/aromatic N) is 2. The van der Waals surface area contributed by atoms with Crippen LogP contribution in [-0.4, -0.2) is 48.2 Å². The van der Waals surface area contributed by atoms with Gasteiger partial charge in [0.1, 0.15) is 0 Å². The summed E-state index contributed by atoms with van der Waals surface area (Å²) in [5.41, 5.74) is 1.51. The quantitative estimate of drug-likeness (QED) is 0.721. The molecule has 0 aromatic heterocycles. The highest BCUT2D eigenvalue weighted by molar-refractivity contribution is 5.88. The van der Waals surface area contributed by atoms with Gasteiger partial charge in [0.25, 0.3) is 0 Å². The van der Waals surface area contributed by atoms with Gasteiger partial charge in [0.2, 0.25) is 0 Å². The number of piperazine rings is 1. The number of carbonyl (C=O) groups is 1. The molecule has 1 aliphatic heterocycles. The number of carboxylic acid groups (broad SMARTS) is 1. The smallest absolute Gasteiger partial charge is 0.335 e. The highest BCUT2D eigenvalue weighted by Crippen LogP contribution is 2.31. The first kappa shape index (κ1) is 19.2. The van der Waals surface area contributed by atoms with Crippen LogP contribution in [0.2, 0.25) is 0 Å². The van der Waals surface area contributed by atoms with Crippen LogP contribution < -0.4 is 4.90 Å². The third-order valence-corrected chi connectivity index (χ3v) is 6.34. The number of anilines is 1. The summed E-state index contributed by atoms with van der Waals surface area (Å²) in [6, 6.07) is 8.10. The fourth-order valence-corrected chi connectivity index (χ4v) is 4.64. The fraction of sp³-hybridized carbons (Fsp3) is 0.682. The summed E-state index contributed by atoms with van der Waals surface area (Å²) < 4.78 is 0. The minimum atomic E-state index is -0.855. The van der Waals surface area contributed by atoms with Gasteiger partial charge >= 0.3 is 5.97 Å². The first-order valence-corrected chi connectivity index (χ1v) is 10.5. The number of unbranched alkanes of at least 4 members (excludes halogenated alkanes) is 2. The Balaban J connectivity index is 1.42. The van der Waals surface area contributed by atoms with Crippen LogP contribution in [0.3, 0.4) is 0 Å². The first-order chi connectivity index (χ1) is 12.7. The largest absolute Gasteiger partial charge is 0.478 e. The van der Waals surface area contributed by atoms with Gasteiger partial charge in [0, 0.05) is 37.9 Å². The van der Waals surface area contributed by atoms with Crippen LogP contribution in [0.4, 0.5) is 5.69 Å². The van der Waals surface area contributed by atoms with Crippen LogP contribution >= 0.6 is 0 Å². The average Bonchev–Trinajstić information content (AvgIpc) is 2.69. The second kappa shape index (κ2) is 9.40. The molecule has 0 spiro atoms. The van der Waals surface area contributed by atoms with Gasteiger partial charge in [0.05, 0.1) is 5.56 Å². The van der Waals surface area contributed by atoms with Gasteiger partial charge in [-0.1, -0.05) is 32.6 Å². The van der Waals surface area contributed by atoms with Crippen molar-refractivity contribution in [3.63, 3.8) is 0 Å². The maximum absolute atomic E-state index is 11.0. The second-order valence-corrected chi connectivity index (χ2v) is 8.05. The van der Waals surface area contributed by atoms with Gasteiger partial charge in [-0.3, -0.25) is 4.90 Å². The van der Waals surface area contributed by atoms with Crippen molar-refractivity contribution in [1.29, 1.82) is 0 Å². The molecule has 1 saturated carbocycles. The highest BCUT2D eigenvalue weighted by atomic mass is 16.4. The molecule has 2 aliphatic rings. The van der Waals surface area contributed by atoms with Crippen LogP contribution in [0, 0.1) is 5.92 Å². The fourth-order valence-electron chi connectivity index (χ4n) is 4.64. The molecule has 0 amide bonds. The normalized spacial score (nSPS) is 24.6. The van der Waals surface area contributed by atoms with E-state index >= 15 is 0 Å². The van der Waals surface area contributed by atoms with E-state index in [1.165, 1.54) is 51.4 Å². The Bertz CT molecular complexity index is 556. The third kappa shape index (κ3) is 5.00. The van der Waals surface area contributed by atoms with E-state index in [1.54, 1.807) is 12.1 Å². The standard InChI is InChI=1S/C22H34N2O2/c1-2-3-4-5-18-6-10-20(11-7-18)23-14-16-24(17-15-23)21-12-8-19(9-13-21)22(25)26/h8-9,12-13,18,20H,2-7,10-11,14-17H2,1H3,(H,25,26). The Morgan fingerprint density at radius 2 is 1.65 bits per heavy atom. The molecule has 1 aromatic rings. The van der Waals surface area contributed by atoms with Gasteiger partial charge in [-0.05, 0) is 55.9 Å². The minimum Gasteiger partial charge on any atom is -0.478 e. The van der Waals surface area contributed by atoms with Crippen molar-refractivity contribution in [2.75, 3.05) is 31.1 Å². The molecule has 26 heavy (non-hydrogen) atoms. The Labute approximate surface area is 158 Å². The van der Waals surface area contributed by atoms with Gasteiger partial charge < -0.3 is 10.0 Å². The Hall–Kier alpha value is -1.55. The summed E-state index contributed by atoms with van der Waals surface area (Å²) in [7, 11) is 0. The molecule has 0 unspecified atom stereocenters. The number of hydrogen-bond donors (Lipinski definition) is 1. The predicted octanol–water partition coefficient (Wildman–Crippen LogP) is 4.65. The van der Waals surface area contributed by atoms with Crippen molar-refractivity contribution in [3.05, 3.63) is 29.8 Å². The summed E-state index contributed by atoms with van der Waals surface area (Å²) in [6.07, 6.45) is 11.2. The van der Waals surface area contributed by atoms with Gasteiger partial charge in [-0.25, -0.2) is 4.79 Å². The molecule has 2 fully saturated rings. The van der Waals surface area contributed by atoms with E-state index in [9.17, 15) is 4.79 Å². The maximum Gasteiger partial charge on any atom is 0.335 e. The SMILES string of the molecule is CCCCCC1CCC(N2CCN(c3ccc(C(=O)O)cc3)CC2)CC1. The maximum atomic E-state index is 11.0. The molecule has 4 heteroatoms. The Kier molecular flexibility index (Phi) is 6.95. The lowest BCUT2D eigenvalue weighted by Gasteiger charge is -2.42. The lowest BCUT2D eigenvalue weighted by atomic mass is 9.82. The molecule has 3 rings (SSSR count). The summed E-state index contributed by atoms with van der Waals surface area (Å²) in [5, 5.41) is 9.02. The van der Waals surface area contributed by atoms with E-state index in [0.717, 1.165) is 43.8 Å². The van der Waals surface area contributed by atoms with E-state index in [4.69, 9.17) is 5.11 Å². The summed E-state index contributed by atoms with van der Waals surface area (Å²) >= 11 is 0. The molecule has 0 radical (unpaired) electrons. The van der Waals surface area contributed by atoms with Gasteiger partial charge in [-0.15, -0.1) is 0 Å². The Morgan fingerprint density at radius 3 is 2.23 bits per heavy atom. The zero-order chi connectivity index (χ0) is 18.4. The van der Waals surface area contributed by atoms with Crippen LogP contribution in [0.5, 0.6) is 0 Å². The molecule has 4 nitrogen and oxygen atoms in total. The lowest BCUT2D eigenvalue weighted by molar-refractivity contribution is 0.0697. The molecule has 1 heterocycles. The molecule has 0 atom stereocenters. The molecule has 0 bridgehead atoms. The molecule has 1 aliphatic carbocycles. The van der Waals surface area contributed by atoms with Gasteiger partial charge in [-0.2, -0.15) is 0 Å². The number of rotatable bonds is 7. The molecule has 1 N–H and O–H groups in total. The summed E-state index contributed by atoms with van der Waals surface area (Å²) in [5.74, 6) is 0.124. The zero-order valence-electron chi connectivity index (χ0n) is 16.2. The minimum absolute atomic E-state index is 0.364. The molecule has 144 valence electrons. The van der Waals surface area contributed by atoms with E-state index in [1.807, 2.05) is 12.1 Å². The van der Waals surface area contributed by atoms with Crippen LogP contribution in [0.25, 0.3) is 0 Å². The summed E-state index contributed by atoms with van der Waals surface area (Å²) in [6.45, 7) is 6.64. The second-order valence-electron chi connectivity index (χ2n) is 8.05. The van der Waals surface area contributed by atoms with Crippen molar-refractivity contribution in [2.45, 2.75) is 64.3 Å². The predicted molar refractivity (Wildman–Crippen MR) is 107 cm³/mol. The average molecular weight is 359 g/mol. The third-order valence-electron chi connectivity index (χ3n) is 6.34. The number of hydrogen-bond acceptors (Lipinski definition) is 3. The highest BCUT2D eigenvalue weighted by Gasteiger charge is 2.28. The first-order valence-electron chi connectivity index (χ1n) is 10.5. The summed E-state index contributed by atoms with van der Waals surface area (Å²) in [4.78, 5) is 16.1.